The third-order valence-electron chi connectivity index (χ3n) is 5.76. The molecule has 154 valence electrons. The summed E-state index contributed by atoms with van der Waals surface area (Å²) in [6.45, 7) is 4.61. The van der Waals surface area contributed by atoms with Gasteiger partial charge in [0, 0.05) is 42.6 Å². The van der Waals surface area contributed by atoms with Crippen molar-refractivity contribution in [3.63, 3.8) is 0 Å². The van der Waals surface area contributed by atoms with E-state index in [0.29, 0.717) is 25.1 Å². The second-order valence-electron chi connectivity index (χ2n) is 8.00. The monoisotopic (exact) mass is 457 g/mol. The van der Waals surface area contributed by atoms with Gasteiger partial charge in [0.15, 0.2) is 0 Å². The molecule has 0 spiro atoms. The molecule has 2 aliphatic rings. The Morgan fingerprint density at radius 1 is 1.14 bits per heavy atom. The summed E-state index contributed by atoms with van der Waals surface area (Å²) in [6, 6.07) is 16.9. The lowest BCUT2D eigenvalue weighted by Crippen LogP contribution is -2.49. The van der Waals surface area contributed by atoms with Crippen LogP contribution in [-0.2, 0) is 11.4 Å². The Kier molecular flexibility index (Phi) is 6.53. The van der Waals surface area contributed by atoms with Crippen LogP contribution < -0.4 is 10.1 Å². The first kappa shape index (κ1) is 20.4. The molecule has 0 radical (unpaired) electrons. The van der Waals surface area contributed by atoms with Gasteiger partial charge in [-0.2, -0.15) is 0 Å². The van der Waals surface area contributed by atoms with Gasteiger partial charge in [0.2, 0.25) is 5.91 Å². The summed E-state index contributed by atoms with van der Waals surface area (Å²) in [6.07, 6.45) is 1.09. The lowest BCUT2D eigenvalue weighted by atomic mass is 10.1. The van der Waals surface area contributed by atoms with Crippen molar-refractivity contribution >= 4 is 21.8 Å². The lowest BCUT2D eigenvalue weighted by Gasteiger charge is -2.32. The third kappa shape index (κ3) is 5.59. The minimum atomic E-state index is 0.222. The van der Waals surface area contributed by atoms with Crippen molar-refractivity contribution in [3.05, 3.63) is 64.1 Å². The third-order valence-corrected chi connectivity index (χ3v) is 6.26. The van der Waals surface area contributed by atoms with Gasteiger partial charge in [0.1, 0.15) is 12.4 Å². The smallest absolute Gasteiger partial charge is 0.236 e. The number of likely N-dealkylation sites (N-methyl/N-ethyl adjacent to an activating group) is 1. The molecule has 5 nitrogen and oxygen atoms in total. The van der Waals surface area contributed by atoms with Crippen LogP contribution in [0.1, 0.15) is 23.5 Å². The van der Waals surface area contributed by atoms with Crippen LogP contribution in [0.15, 0.2) is 53.0 Å². The van der Waals surface area contributed by atoms with E-state index in [0.717, 1.165) is 48.4 Å². The summed E-state index contributed by atoms with van der Waals surface area (Å²) in [5.41, 5.74) is 2.45. The molecule has 1 saturated carbocycles. The fourth-order valence-electron chi connectivity index (χ4n) is 3.78. The number of carbonyl (C=O) groups is 1. The van der Waals surface area contributed by atoms with Gasteiger partial charge >= 0.3 is 0 Å². The largest absolute Gasteiger partial charge is 0.489 e. The van der Waals surface area contributed by atoms with E-state index < -0.39 is 0 Å². The fourth-order valence-corrected chi connectivity index (χ4v) is 4.23. The van der Waals surface area contributed by atoms with Crippen molar-refractivity contribution in [2.45, 2.75) is 25.0 Å². The number of nitrogens with one attached hydrogen (secondary N) is 1. The van der Waals surface area contributed by atoms with Crippen LogP contribution in [0.3, 0.4) is 0 Å². The summed E-state index contributed by atoms with van der Waals surface area (Å²) >= 11 is 3.49. The topological polar surface area (TPSA) is 44.8 Å². The summed E-state index contributed by atoms with van der Waals surface area (Å²) in [4.78, 5) is 16.6. The quantitative estimate of drug-likeness (QED) is 0.692. The maximum atomic E-state index is 12.4. The van der Waals surface area contributed by atoms with Crippen molar-refractivity contribution in [2.24, 2.45) is 0 Å². The van der Waals surface area contributed by atoms with Crippen LogP contribution in [-0.4, -0.2) is 61.5 Å². The Labute approximate surface area is 181 Å². The molecule has 2 atom stereocenters. The van der Waals surface area contributed by atoms with Gasteiger partial charge in [-0.05, 0) is 48.9 Å². The number of nitrogens with zero attached hydrogens (tertiary/aromatic N) is 2. The van der Waals surface area contributed by atoms with Crippen LogP contribution in [0, 0.1) is 0 Å². The molecule has 1 N–H and O–H groups in total. The molecule has 29 heavy (non-hydrogen) atoms. The van der Waals surface area contributed by atoms with Crippen molar-refractivity contribution in [3.8, 4) is 5.75 Å². The number of piperazine rings is 1. The molecular formula is C23H28BrN3O2. The number of benzene rings is 2. The Morgan fingerprint density at radius 3 is 2.62 bits per heavy atom. The molecule has 1 aliphatic heterocycles. The highest BCUT2D eigenvalue weighted by Crippen LogP contribution is 2.41. The Morgan fingerprint density at radius 2 is 1.90 bits per heavy atom. The van der Waals surface area contributed by atoms with E-state index in [4.69, 9.17) is 4.74 Å². The highest BCUT2D eigenvalue weighted by atomic mass is 79.9. The van der Waals surface area contributed by atoms with E-state index in [1.807, 2.05) is 29.2 Å². The molecule has 6 heteroatoms. The average Bonchev–Trinajstić information content (AvgIpc) is 3.51. The van der Waals surface area contributed by atoms with E-state index in [-0.39, 0.29) is 5.91 Å². The summed E-state index contributed by atoms with van der Waals surface area (Å²) < 4.78 is 6.95. The number of carbonyl (C=O) groups excluding carboxylic acids is 1. The molecular weight excluding hydrogens is 430 g/mol. The van der Waals surface area contributed by atoms with E-state index >= 15 is 0 Å². The molecule has 1 heterocycles. The second kappa shape index (κ2) is 9.28. The fraction of sp³-hybridized carbons (Fsp3) is 0.435. The minimum Gasteiger partial charge on any atom is -0.489 e. The average molecular weight is 458 g/mol. The second-order valence-corrected chi connectivity index (χ2v) is 8.92. The summed E-state index contributed by atoms with van der Waals surface area (Å²) in [5.74, 6) is 1.60. The first-order valence-electron chi connectivity index (χ1n) is 10.3. The van der Waals surface area contributed by atoms with Crippen LogP contribution in [0.5, 0.6) is 5.75 Å². The van der Waals surface area contributed by atoms with E-state index in [1.165, 1.54) is 5.56 Å². The predicted octanol–water partition coefficient (Wildman–Crippen LogP) is 3.25. The van der Waals surface area contributed by atoms with Crippen LogP contribution in [0.25, 0.3) is 0 Å². The van der Waals surface area contributed by atoms with Gasteiger partial charge in [-0.25, -0.2) is 0 Å². The van der Waals surface area contributed by atoms with Gasteiger partial charge in [0.25, 0.3) is 0 Å². The van der Waals surface area contributed by atoms with Crippen molar-refractivity contribution in [1.82, 2.24) is 15.1 Å². The first-order chi connectivity index (χ1) is 14.1. The molecule has 2 aromatic rings. The maximum Gasteiger partial charge on any atom is 0.236 e. The molecule has 4 rings (SSSR count). The Hall–Kier alpha value is -1.89. The molecule has 2 unspecified atom stereocenters. The summed E-state index contributed by atoms with van der Waals surface area (Å²) in [7, 11) is 2.10. The van der Waals surface area contributed by atoms with Gasteiger partial charge in [0.05, 0.1) is 6.54 Å². The standard InChI is InChI=1S/C23H28BrN3O2/c1-26-9-11-27(12-10-26)23(28)15-25-22-14-21(22)18-5-7-20(8-6-18)29-16-17-3-2-4-19(24)13-17/h2-8,13,21-22,25H,9-12,14-16H2,1H3. The highest BCUT2D eigenvalue weighted by Gasteiger charge is 2.38. The normalized spacial score (nSPS) is 21.8. The van der Waals surface area contributed by atoms with Gasteiger partial charge < -0.3 is 19.9 Å². The van der Waals surface area contributed by atoms with Gasteiger partial charge in [-0.1, -0.05) is 40.2 Å². The number of amides is 1. The zero-order chi connectivity index (χ0) is 20.2. The summed E-state index contributed by atoms with van der Waals surface area (Å²) in [5, 5.41) is 3.44. The van der Waals surface area contributed by atoms with Crippen molar-refractivity contribution in [1.29, 1.82) is 0 Å². The zero-order valence-corrected chi connectivity index (χ0v) is 18.4. The molecule has 1 saturated heterocycles. The van der Waals surface area contributed by atoms with Gasteiger partial charge in [-0.15, -0.1) is 0 Å². The minimum absolute atomic E-state index is 0.222. The number of hydrogen-bond acceptors (Lipinski definition) is 4. The molecule has 2 fully saturated rings. The maximum absolute atomic E-state index is 12.4. The highest BCUT2D eigenvalue weighted by molar-refractivity contribution is 9.10. The molecule has 1 aliphatic carbocycles. The SMILES string of the molecule is CN1CCN(C(=O)CNC2CC2c2ccc(OCc3cccc(Br)c3)cc2)CC1. The van der Waals surface area contributed by atoms with Crippen LogP contribution in [0.2, 0.25) is 0 Å². The van der Waals surface area contributed by atoms with Crippen LogP contribution in [0.4, 0.5) is 0 Å². The number of rotatable bonds is 7. The number of ether oxygens (including phenoxy) is 1. The molecule has 1 amide bonds. The Bertz CT molecular complexity index is 834. The van der Waals surface area contributed by atoms with Crippen LogP contribution >= 0.6 is 15.9 Å². The predicted molar refractivity (Wildman–Crippen MR) is 118 cm³/mol. The van der Waals surface area contributed by atoms with Gasteiger partial charge in [-0.3, -0.25) is 4.79 Å². The van der Waals surface area contributed by atoms with E-state index in [1.54, 1.807) is 0 Å². The molecule has 0 bridgehead atoms. The first-order valence-corrected chi connectivity index (χ1v) is 11.0. The zero-order valence-electron chi connectivity index (χ0n) is 16.8. The lowest BCUT2D eigenvalue weighted by molar-refractivity contribution is -0.131. The molecule has 2 aromatic carbocycles. The van der Waals surface area contributed by atoms with E-state index in [9.17, 15) is 4.79 Å². The van der Waals surface area contributed by atoms with Crippen molar-refractivity contribution in [2.75, 3.05) is 39.8 Å². The molecule has 0 aromatic heterocycles. The Balaban J connectivity index is 1.21. The number of halogens is 1. The van der Waals surface area contributed by atoms with E-state index in [2.05, 4.69) is 57.5 Å². The number of hydrogen-bond donors (Lipinski definition) is 1. The van der Waals surface area contributed by atoms with Crippen molar-refractivity contribution < 1.29 is 9.53 Å².